The van der Waals surface area contributed by atoms with Gasteiger partial charge in [-0.25, -0.2) is 30.6 Å². The van der Waals surface area contributed by atoms with Crippen LogP contribution in [-0.4, -0.2) is 54.3 Å². The fourth-order valence-electron chi connectivity index (χ4n) is 4.20. The van der Waals surface area contributed by atoms with E-state index in [2.05, 4.69) is 14.8 Å². The summed E-state index contributed by atoms with van der Waals surface area (Å²) in [6.07, 6.45) is 8.98. The van der Waals surface area contributed by atoms with Gasteiger partial charge in [0.25, 0.3) is 0 Å². The van der Waals surface area contributed by atoms with Crippen molar-refractivity contribution in [3.63, 3.8) is 0 Å². The number of imidazole rings is 1. The Balaban J connectivity index is 1.54. The smallest absolute Gasteiger partial charge is 0.229 e. The molecule has 0 saturated heterocycles. The van der Waals surface area contributed by atoms with Crippen molar-refractivity contribution in [2.45, 2.75) is 6.54 Å². The molecule has 0 amide bonds. The monoisotopic (exact) mass is 571 g/mol. The highest BCUT2D eigenvalue weighted by molar-refractivity contribution is 7.92. The van der Waals surface area contributed by atoms with Gasteiger partial charge in [0.05, 0.1) is 36.6 Å². The predicted molar refractivity (Wildman–Crippen MR) is 145 cm³/mol. The second-order valence-electron chi connectivity index (χ2n) is 9.21. The molecule has 2 aromatic carbocycles. The van der Waals surface area contributed by atoms with Crippen molar-refractivity contribution in [2.75, 3.05) is 23.0 Å². The number of pyridine rings is 1. The van der Waals surface area contributed by atoms with Gasteiger partial charge in [0.15, 0.2) is 0 Å². The lowest BCUT2D eigenvalue weighted by molar-refractivity contribution is 0.585. The summed E-state index contributed by atoms with van der Waals surface area (Å²) in [6.45, 7) is 0.240. The largest absolute Gasteiger partial charge is 0.300 e. The molecule has 0 atom stereocenters. The highest BCUT2D eigenvalue weighted by Gasteiger charge is 2.15. The van der Waals surface area contributed by atoms with Crippen LogP contribution in [0.1, 0.15) is 0 Å². The molecular weight excluding hydrogens is 548 g/mol. The molecule has 5 rings (SSSR count). The maximum Gasteiger partial charge on any atom is 0.229 e. The SMILES string of the molecule is CS(=O)(=O)CCn1cc(-c2ccn3c(-c4cc(NS(C)(=O)=O)cc(-c5ccc(F)cc5F)c4)cnc3c2)cn1. The van der Waals surface area contributed by atoms with E-state index in [4.69, 9.17) is 0 Å². The van der Waals surface area contributed by atoms with Crippen LogP contribution in [0.25, 0.3) is 39.2 Å². The molecule has 0 aliphatic carbocycles. The summed E-state index contributed by atoms with van der Waals surface area (Å²) in [5.41, 5.74) is 4.01. The number of hydrogen-bond donors (Lipinski definition) is 1. The van der Waals surface area contributed by atoms with Gasteiger partial charge in [0.1, 0.15) is 27.1 Å². The van der Waals surface area contributed by atoms with Crippen LogP contribution in [0, 0.1) is 11.6 Å². The molecule has 1 N–H and O–H groups in total. The topological polar surface area (TPSA) is 115 Å². The van der Waals surface area contributed by atoms with E-state index < -0.39 is 31.5 Å². The lowest BCUT2D eigenvalue weighted by atomic mass is 10.00. The van der Waals surface area contributed by atoms with Gasteiger partial charge >= 0.3 is 0 Å². The summed E-state index contributed by atoms with van der Waals surface area (Å²) >= 11 is 0. The molecule has 3 aromatic heterocycles. The minimum Gasteiger partial charge on any atom is -0.300 e. The minimum absolute atomic E-state index is 0.0200. The number of halogens is 2. The summed E-state index contributed by atoms with van der Waals surface area (Å²) in [5, 5.41) is 4.23. The zero-order valence-corrected chi connectivity index (χ0v) is 22.5. The van der Waals surface area contributed by atoms with E-state index in [1.54, 1.807) is 46.0 Å². The van der Waals surface area contributed by atoms with E-state index in [9.17, 15) is 25.6 Å². The zero-order chi connectivity index (χ0) is 27.9. The van der Waals surface area contributed by atoms with Crippen molar-refractivity contribution in [1.82, 2.24) is 19.2 Å². The molecule has 9 nitrogen and oxygen atoms in total. The maximum absolute atomic E-state index is 14.6. The van der Waals surface area contributed by atoms with Gasteiger partial charge in [-0.2, -0.15) is 5.10 Å². The standard InChI is InChI=1S/C26H23F2N5O4S2/c1-38(34,35)8-7-32-16-20(14-30-32)17-5-6-33-25(15-29-26(33)12-17)19-9-18(10-22(11-19)31-39(2,36)37)23-4-3-21(27)13-24(23)28/h3-6,9-16,31H,7-8H2,1-2H3. The maximum atomic E-state index is 14.6. The van der Waals surface area contributed by atoms with E-state index >= 15 is 0 Å². The quantitative estimate of drug-likeness (QED) is 0.298. The highest BCUT2D eigenvalue weighted by atomic mass is 32.2. The third-order valence-electron chi connectivity index (χ3n) is 5.95. The number of sulfone groups is 1. The Morgan fingerprint density at radius 1 is 0.872 bits per heavy atom. The summed E-state index contributed by atoms with van der Waals surface area (Å²) < 4.78 is 80.7. The Labute approximate surface area is 223 Å². The van der Waals surface area contributed by atoms with Gasteiger partial charge < -0.3 is 0 Å². The predicted octanol–water partition coefficient (Wildman–Crippen LogP) is 4.23. The van der Waals surface area contributed by atoms with Crippen LogP contribution in [0.5, 0.6) is 0 Å². The second-order valence-corrected chi connectivity index (χ2v) is 13.2. The summed E-state index contributed by atoms with van der Waals surface area (Å²) in [4.78, 5) is 4.49. The zero-order valence-electron chi connectivity index (χ0n) is 20.8. The van der Waals surface area contributed by atoms with Crippen LogP contribution in [-0.2, 0) is 26.4 Å². The number of benzene rings is 2. The highest BCUT2D eigenvalue weighted by Crippen LogP contribution is 2.33. The summed E-state index contributed by atoms with van der Waals surface area (Å²) in [5.74, 6) is -1.52. The van der Waals surface area contributed by atoms with Gasteiger partial charge in [-0.05, 0) is 53.6 Å². The first-order valence-electron chi connectivity index (χ1n) is 11.6. The van der Waals surface area contributed by atoms with Crippen LogP contribution in [0.15, 0.2) is 73.3 Å². The number of nitrogens with zero attached hydrogens (tertiary/aromatic N) is 4. The van der Waals surface area contributed by atoms with Crippen LogP contribution in [0.4, 0.5) is 14.5 Å². The number of sulfonamides is 1. The molecule has 202 valence electrons. The fourth-order valence-corrected chi connectivity index (χ4v) is 5.26. The molecular formula is C26H23F2N5O4S2. The number of rotatable bonds is 8. The second kappa shape index (κ2) is 9.89. The van der Waals surface area contributed by atoms with Crippen molar-refractivity contribution in [1.29, 1.82) is 0 Å². The summed E-state index contributed by atoms with van der Waals surface area (Å²) in [7, 11) is -6.75. The van der Waals surface area contributed by atoms with Crippen LogP contribution in [0.2, 0.25) is 0 Å². The van der Waals surface area contributed by atoms with Gasteiger partial charge in [-0.1, -0.05) is 0 Å². The summed E-state index contributed by atoms with van der Waals surface area (Å²) in [6, 6.07) is 11.6. The Bertz CT molecular complexity index is 1930. The minimum atomic E-state index is -3.64. The average Bonchev–Trinajstić information content (AvgIpc) is 3.48. The Morgan fingerprint density at radius 2 is 1.64 bits per heavy atom. The van der Waals surface area contributed by atoms with Crippen molar-refractivity contribution >= 4 is 31.2 Å². The Hall–Kier alpha value is -4.10. The number of aryl methyl sites for hydroxylation is 1. The average molecular weight is 572 g/mol. The van der Waals surface area contributed by atoms with Crippen molar-refractivity contribution in [3.05, 3.63) is 85.0 Å². The van der Waals surface area contributed by atoms with Gasteiger partial charge in [0.2, 0.25) is 10.0 Å². The molecule has 0 spiro atoms. The molecule has 0 fully saturated rings. The van der Waals surface area contributed by atoms with Crippen molar-refractivity contribution in [3.8, 4) is 33.5 Å². The van der Waals surface area contributed by atoms with Gasteiger partial charge in [-0.15, -0.1) is 0 Å². The molecule has 39 heavy (non-hydrogen) atoms. The number of fused-ring (bicyclic) bond motifs is 1. The van der Waals surface area contributed by atoms with Crippen molar-refractivity contribution in [2.24, 2.45) is 0 Å². The number of aromatic nitrogens is 4. The van der Waals surface area contributed by atoms with E-state index in [0.29, 0.717) is 22.5 Å². The molecule has 3 heterocycles. The molecule has 0 saturated carbocycles. The molecule has 5 aromatic rings. The first-order valence-corrected chi connectivity index (χ1v) is 15.6. The first kappa shape index (κ1) is 26.5. The molecule has 0 aliphatic heterocycles. The van der Waals surface area contributed by atoms with E-state index in [0.717, 1.165) is 29.5 Å². The third-order valence-corrected chi connectivity index (χ3v) is 7.48. The Morgan fingerprint density at radius 3 is 2.36 bits per heavy atom. The van der Waals surface area contributed by atoms with Crippen LogP contribution in [0.3, 0.4) is 0 Å². The molecule has 0 radical (unpaired) electrons. The first-order chi connectivity index (χ1) is 18.3. The number of hydrogen-bond acceptors (Lipinski definition) is 6. The number of nitrogens with one attached hydrogen (secondary N) is 1. The molecule has 0 bridgehead atoms. The Kier molecular flexibility index (Phi) is 6.72. The lowest BCUT2D eigenvalue weighted by Crippen LogP contribution is -2.11. The normalized spacial score (nSPS) is 12.2. The third kappa shape index (κ3) is 6.15. The van der Waals surface area contributed by atoms with E-state index in [1.165, 1.54) is 18.4 Å². The number of anilines is 1. The van der Waals surface area contributed by atoms with Gasteiger partial charge in [0, 0.05) is 47.1 Å². The van der Waals surface area contributed by atoms with Gasteiger partial charge in [-0.3, -0.25) is 13.8 Å². The van der Waals surface area contributed by atoms with Crippen LogP contribution < -0.4 is 4.72 Å². The molecule has 0 aliphatic rings. The molecule has 13 heteroatoms. The molecule has 0 unspecified atom stereocenters. The van der Waals surface area contributed by atoms with Crippen molar-refractivity contribution < 1.29 is 25.6 Å². The van der Waals surface area contributed by atoms with E-state index in [1.807, 2.05) is 12.1 Å². The van der Waals surface area contributed by atoms with Crippen LogP contribution >= 0.6 is 0 Å². The fraction of sp³-hybridized carbons (Fsp3) is 0.154. The lowest BCUT2D eigenvalue weighted by Gasteiger charge is -2.12. The van der Waals surface area contributed by atoms with E-state index in [-0.39, 0.29) is 23.5 Å².